The molecule has 3 aliphatic carbocycles. The van der Waals surface area contributed by atoms with E-state index in [-0.39, 0.29) is 40.3 Å². The summed E-state index contributed by atoms with van der Waals surface area (Å²) in [4.78, 5) is 11.7. The van der Waals surface area contributed by atoms with E-state index in [2.05, 4.69) is 27.7 Å². The highest BCUT2D eigenvalue weighted by atomic mass is 16.5. The van der Waals surface area contributed by atoms with Crippen molar-refractivity contribution in [2.24, 2.45) is 39.9 Å². The fourth-order valence-corrected chi connectivity index (χ4v) is 10.4. The maximum absolute atomic E-state index is 11.7. The maximum atomic E-state index is 11.7. The summed E-state index contributed by atoms with van der Waals surface area (Å²) in [6.45, 7) is 17.2. The van der Waals surface area contributed by atoms with Crippen LogP contribution in [0.5, 0.6) is 0 Å². The minimum atomic E-state index is -0.818. The van der Waals surface area contributed by atoms with Crippen molar-refractivity contribution in [1.82, 2.24) is 0 Å². The Bertz CT molecular complexity index is 826. The molecule has 5 nitrogen and oxygen atoms in total. The molecule has 1 aliphatic heterocycles. The van der Waals surface area contributed by atoms with E-state index >= 15 is 0 Å². The number of aliphatic hydroxyl groups is 2. The SMILES string of the molecule is CC(C)(O)[C@@H]1CC[C@@](C)([C@H]2CC[C@]3(C)[C@@H]2CC[C@@H]2[C@@](C)(CCC(=O)O)[C@H](C(C)(C)O)CC[C@]23C)O1. The number of fused-ring (bicyclic) bond motifs is 3. The quantitative estimate of drug-likeness (QED) is 0.411. The number of aliphatic carboxylic acids is 1. The molecular weight excluding hydrogens is 440 g/mol. The molecule has 0 bridgehead atoms. The molecule has 0 aromatic rings. The molecule has 1 heterocycles. The highest BCUT2D eigenvalue weighted by Gasteiger charge is 2.69. The topological polar surface area (TPSA) is 87.0 Å². The second-order valence-corrected chi connectivity index (χ2v) is 15.0. The van der Waals surface area contributed by atoms with Gasteiger partial charge in [-0.1, -0.05) is 20.8 Å². The zero-order chi connectivity index (χ0) is 26.2. The van der Waals surface area contributed by atoms with Gasteiger partial charge in [0.25, 0.3) is 0 Å². The first-order valence-electron chi connectivity index (χ1n) is 14.2. The van der Waals surface area contributed by atoms with Crippen LogP contribution in [0.4, 0.5) is 0 Å². The van der Waals surface area contributed by atoms with E-state index in [9.17, 15) is 20.1 Å². The molecule has 202 valence electrons. The van der Waals surface area contributed by atoms with Gasteiger partial charge in [0, 0.05) is 6.42 Å². The van der Waals surface area contributed by atoms with Crippen LogP contribution >= 0.6 is 0 Å². The normalized spacial score (nSPS) is 48.5. The molecule has 5 heteroatoms. The minimum absolute atomic E-state index is 0.104. The number of ether oxygens (including phenoxy) is 1. The van der Waals surface area contributed by atoms with E-state index in [1.807, 2.05) is 27.7 Å². The third-order valence-electron chi connectivity index (χ3n) is 12.3. The van der Waals surface area contributed by atoms with Crippen molar-refractivity contribution in [3.63, 3.8) is 0 Å². The van der Waals surface area contributed by atoms with E-state index < -0.39 is 17.2 Å². The van der Waals surface area contributed by atoms with Gasteiger partial charge >= 0.3 is 5.97 Å². The fourth-order valence-electron chi connectivity index (χ4n) is 10.4. The minimum Gasteiger partial charge on any atom is -0.481 e. The van der Waals surface area contributed by atoms with Gasteiger partial charge in [-0.25, -0.2) is 0 Å². The van der Waals surface area contributed by atoms with Gasteiger partial charge in [0.2, 0.25) is 0 Å². The summed E-state index contributed by atoms with van der Waals surface area (Å²) in [5, 5.41) is 31.4. The highest BCUT2D eigenvalue weighted by Crippen LogP contribution is 2.74. The lowest BCUT2D eigenvalue weighted by atomic mass is 9.37. The van der Waals surface area contributed by atoms with Crippen molar-refractivity contribution in [3.8, 4) is 0 Å². The molecule has 1 saturated heterocycles. The molecule has 3 saturated carbocycles. The average Bonchev–Trinajstić information content (AvgIpc) is 3.28. The van der Waals surface area contributed by atoms with Crippen molar-refractivity contribution < 1.29 is 24.9 Å². The van der Waals surface area contributed by atoms with E-state index in [0.717, 1.165) is 38.5 Å². The first-order valence-corrected chi connectivity index (χ1v) is 14.2. The van der Waals surface area contributed by atoms with Gasteiger partial charge in [-0.2, -0.15) is 0 Å². The first kappa shape index (κ1) is 27.4. The van der Waals surface area contributed by atoms with Crippen molar-refractivity contribution >= 4 is 5.97 Å². The van der Waals surface area contributed by atoms with E-state index in [4.69, 9.17) is 4.74 Å². The van der Waals surface area contributed by atoms with Gasteiger partial charge in [0.1, 0.15) is 0 Å². The molecule has 3 N–H and O–H groups in total. The van der Waals surface area contributed by atoms with Crippen LogP contribution in [0.15, 0.2) is 0 Å². The smallest absolute Gasteiger partial charge is 0.303 e. The Labute approximate surface area is 213 Å². The molecule has 9 atom stereocenters. The summed E-state index contributed by atoms with van der Waals surface area (Å²) in [5.41, 5.74) is -1.73. The van der Waals surface area contributed by atoms with Crippen LogP contribution < -0.4 is 0 Å². The standard InChI is InChI=1S/C30H52O5/c1-25(2,33)21-12-17-29(7)22(27(21,5)15-14-24(31)32)10-9-19-20(11-16-28(19,29)6)30(8)18-13-23(35-30)26(3,4)34/h19-23,33-34H,9-18H2,1-8H3,(H,31,32)/t19-,20+,21+,22-,23+,27+,28-,29-,30+/m1/s1. The summed E-state index contributed by atoms with van der Waals surface area (Å²) in [5.74, 6) is 0.849. The second-order valence-electron chi connectivity index (χ2n) is 15.0. The Kier molecular flexibility index (Phi) is 6.60. The van der Waals surface area contributed by atoms with E-state index in [0.29, 0.717) is 24.2 Å². The van der Waals surface area contributed by atoms with E-state index in [1.54, 1.807) is 0 Å². The van der Waals surface area contributed by atoms with Gasteiger partial charge in [-0.3, -0.25) is 4.79 Å². The first-order chi connectivity index (χ1) is 15.9. The van der Waals surface area contributed by atoms with Gasteiger partial charge in [-0.15, -0.1) is 0 Å². The van der Waals surface area contributed by atoms with Crippen molar-refractivity contribution in [3.05, 3.63) is 0 Å². The zero-order valence-electron chi connectivity index (χ0n) is 23.6. The van der Waals surface area contributed by atoms with Crippen LogP contribution in [0.3, 0.4) is 0 Å². The van der Waals surface area contributed by atoms with Crippen molar-refractivity contribution in [2.75, 3.05) is 0 Å². The van der Waals surface area contributed by atoms with Crippen LogP contribution in [-0.2, 0) is 9.53 Å². The Hall–Kier alpha value is -0.650. The Morgan fingerprint density at radius 1 is 0.829 bits per heavy atom. The lowest BCUT2D eigenvalue weighted by molar-refractivity contribution is -0.212. The fraction of sp³-hybridized carbons (Fsp3) is 0.967. The number of carboxylic acid groups (broad SMARTS) is 1. The molecular formula is C30H52O5. The maximum Gasteiger partial charge on any atom is 0.303 e. The molecule has 0 unspecified atom stereocenters. The molecule has 4 rings (SSSR count). The number of carboxylic acids is 1. The Morgan fingerprint density at radius 2 is 1.46 bits per heavy atom. The lowest BCUT2D eigenvalue weighted by Gasteiger charge is -2.67. The lowest BCUT2D eigenvalue weighted by Crippen LogP contribution is -2.62. The zero-order valence-corrected chi connectivity index (χ0v) is 23.6. The summed E-state index contributed by atoms with van der Waals surface area (Å²) in [7, 11) is 0. The summed E-state index contributed by atoms with van der Waals surface area (Å²) in [6, 6.07) is 0. The van der Waals surface area contributed by atoms with Crippen LogP contribution in [0.1, 0.15) is 120 Å². The monoisotopic (exact) mass is 492 g/mol. The molecule has 0 radical (unpaired) electrons. The van der Waals surface area contributed by atoms with E-state index in [1.165, 1.54) is 12.8 Å². The number of hydrogen-bond donors (Lipinski definition) is 3. The van der Waals surface area contributed by atoms with Crippen LogP contribution in [-0.4, -0.2) is 44.2 Å². The highest BCUT2D eigenvalue weighted by molar-refractivity contribution is 5.66. The second kappa shape index (κ2) is 8.43. The predicted molar refractivity (Wildman–Crippen MR) is 138 cm³/mol. The predicted octanol–water partition coefficient (Wildman–Crippen LogP) is 6.20. The average molecular weight is 493 g/mol. The van der Waals surface area contributed by atoms with Gasteiger partial charge < -0.3 is 20.1 Å². The van der Waals surface area contributed by atoms with Crippen LogP contribution in [0, 0.1) is 39.9 Å². The van der Waals surface area contributed by atoms with Gasteiger partial charge in [0.05, 0.1) is 22.9 Å². The third kappa shape index (κ3) is 4.20. The van der Waals surface area contributed by atoms with Crippen LogP contribution in [0.2, 0.25) is 0 Å². The number of rotatable bonds is 6. The Morgan fingerprint density at radius 3 is 2.00 bits per heavy atom. The van der Waals surface area contributed by atoms with Gasteiger partial charge in [0.15, 0.2) is 0 Å². The molecule has 4 fully saturated rings. The summed E-state index contributed by atoms with van der Waals surface area (Å²) < 4.78 is 6.68. The van der Waals surface area contributed by atoms with Crippen molar-refractivity contribution in [1.29, 1.82) is 0 Å². The largest absolute Gasteiger partial charge is 0.481 e. The number of hydrogen-bond acceptors (Lipinski definition) is 4. The molecule has 0 spiro atoms. The third-order valence-corrected chi connectivity index (χ3v) is 12.3. The summed E-state index contributed by atoms with van der Waals surface area (Å²) in [6.07, 6.45) is 9.27. The van der Waals surface area contributed by atoms with Gasteiger partial charge in [-0.05, 0) is 132 Å². The Balaban J connectivity index is 1.65. The molecule has 35 heavy (non-hydrogen) atoms. The van der Waals surface area contributed by atoms with Crippen molar-refractivity contribution in [2.45, 2.75) is 143 Å². The summed E-state index contributed by atoms with van der Waals surface area (Å²) >= 11 is 0. The molecule has 0 amide bonds. The number of carbonyl (C=O) groups is 1. The van der Waals surface area contributed by atoms with Crippen LogP contribution in [0.25, 0.3) is 0 Å². The molecule has 0 aromatic heterocycles. The molecule has 0 aromatic carbocycles. The molecule has 4 aliphatic rings.